The number of amides is 2. The smallest absolute Gasteiger partial charge is 0.225 e. The van der Waals surface area contributed by atoms with E-state index in [1.165, 1.54) is 0 Å². The molecule has 2 heterocycles. The Balaban J connectivity index is 1.55. The van der Waals surface area contributed by atoms with Crippen LogP contribution in [0.2, 0.25) is 0 Å². The van der Waals surface area contributed by atoms with Crippen molar-refractivity contribution < 1.29 is 9.59 Å². The number of likely N-dealkylation sites (tertiary alicyclic amines) is 1. The maximum Gasteiger partial charge on any atom is 0.225 e. The molecule has 0 aliphatic carbocycles. The van der Waals surface area contributed by atoms with E-state index < -0.39 is 0 Å². The van der Waals surface area contributed by atoms with E-state index in [2.05, 4.69) is 22.4 Å². The molecule has 25 heavy (non-hydrogen) atoms. The Hall–Kier alpha value is -2.63. The first-order valence-electron chi connectivity index (χ1n) is 8.63. The van der Waals surface area contributed by atoms with Crippen molar-refractivity contribution in [3.8, 4) is 0 Å². The highest BCUT2D eigenvalue weighted by Crippen LogP contribution is 2.20. The second-order valence-electron chi connectivity index (χ2n) is 6.81. The van der Waals surface area contributed by atoms with Crippen LogP contribution in [0.1, 0.15) is 31.4 Å². The molecule has 0 saturated carbocycles. The van der Waals surface area contributed by atoms with Crippen molar-refractivity contribution in [1.82, 2.24) is 19.8 Å². The molecule has 0 radical (unpaired) electrons. The van der Waals surface area contributed by atoms with Gasteiger partial charge in [0.1, 0.15) is 0 Å². The molecule has 6 nitrogen and oxygen atoms in total. The Bertz CT molecular complexity index is 740. The van der Waals surface area contributed by atoms with Crippen LogP contribution >= 0.6 is 0 Å². The summed E-state index contributed by atoms with van der Waals surface area (Å²) in [4.78, 5) is 30.1. The summed E-state index contributed by atoms with van der Waals surface area (Å²) in [5, 5.41) is 2.97. The molecule has 1 atom stereocenters. The molecule has 1 saturated heterocycles. The zero-order chi connectivity index (χ0) is 17.8. The van der Waals surface area contributed by atoms with Crippen LogP contribution in [0.5, 0.6) is 0 Å². The van der Waals surface area contributed by atoms with Gasteiger partial charge in [0.25, 0.3) is 0 Å². The minimum absolute atomic E-state index is 0.0449. The average molecular weight is 340 g/mol. The quantitative estimate of drug-likeness (QED) is 0.872. The van der Waals surface area contributed by atoms with Gasteiger partial charge in [0.05, 0.1) is 12.2 Å². The topological polar surface area (TPSA) is 67.2 Å². The van der Waals surface area contributed by atoms with Crippen LogP contribution in [0.25, 0.3) is 0 Å². The first-order valence-corrected chi connectivity index (χ1v) is 8.63. The molecule has 1 N–H and O–H groups in total. The molecule has 6 heteroatoms. The van der Waals surface area contributed by atoms with E-state index in [-0.39, 0.29) is 23.8 Å². The third-order valence-corrected chi connectivity index (χ3v) is 4.54. The predicted molar refractivity (Wildman–Crippen MR) is 94.6 cm³/mol. The minimum atomic E-state index is -0.246. The molecule has 0 unspecified atom stereocenters. The van der Waals surface area contributed by atoms with Crippen LogP contribution in [0.3, 0.4) is 0 Å². The van der Waals surface area contributed by atoms with Gasteiger partial charge >= 0.3 is 0 Å². The molecule has 1 aromatic heterocycles. The van der Waals surface area contributed by atoms with Crippen LogP contribution in [0, 0.1) is 5.92 Å². The van der Waals surface area contributed by atoms with Crippen molar-refractivity contribution in [2.45, 2.75) is 39.4 Å². The molecule has 132 valence electrons. The summed E-state index contributed by atoms with van der Waals surface area (Å²) >= 11 is 0. The number of carbonyl (C=O) groups is 2. The summed E-state index contributed by atoms with van der Waals surface area (Å²) in [5.74, 6) is -0.224. The summed E-state index contributed by atoms with van der Waals surface area (Å²) in [7, 11) is 0. The lowest BCUT2D eigenvalue weighted by atomic mass is 10.1. The predicted octanol–water partition coefficient (Wildman–Crippen LogP) is 1.80. The molecule has 1 aromatic carbocycles. The number of nitrogens with zero attached hydrogens (tertiary/aromatic N) is 3. The summed E-state index contributed by atoms with van der Waals surface area (Å²) < 4.78 is 2.00. The molecule has 2 aromatic rings. The van der Waals surface area contributed by atoms with E-state index in [4.69, 9.17) is 0 Å². The van der Waals surface area contributed by atoms with Gasteiger partial charge < -0.3 is 14.8 Å². The molecule has 1 aliphatic heterocycles. The molecule has 0 spiro atoms. The van der Waals surface area contributed by atoms with Crippen molar-refractivity contribution in [3.63, 3.8) is 0 Å². The first kappa shape index (κ1) is 17.2. The number of nitrogens with one attached hydrogen (secondary N) is 1. The summed E-state index contributed by atoms with van der Waals surface area (Å²) in [5.41, 5.74) is 2.21. The van der Waals surface area contributed by atoms with Crippen LogP contribution in [-0.4, -0.2) is 38.9 Å². The fourth-order valence-electron chi connectivity index (χ4n) is 3.17. The van der Waals surface area contributed by atoms with Gasteiger partial charge in [-0.1, -0.05) is 24.3 Å². The molecule has 2 amide bonds. The van der Waals surface area contributed by atoms with E-state index in [9.17, 15) is 9.59 Å². The summed E-state index contributed by atoms with van der Waals surface area (Å²) in [6.45, 7) is 5.70. The van der Waals surface area contributed by atoms with Crippen molar-refractivity contribution >= 4 is 11.8 Å². The standard InChI is InChI=1S/C19H24N4O2/c1-14(2)23-12-17(9-18(23)24)19(25)21-10-15-4-3-5-16(8-15)11-22-7-6-20-13-22/h3-8,13-14,17H,9-12H2,1-2H3,(H,21,25)/t17-/m1/s1. The minimum Gasteiger partial charge on any atom is -0.352 e. The summed E-state index contributed by atoms with van der Waals surface area (Å²) in [6, 6.07) is 8.28. The Morgan fingerprint density at radius 3 is 2.84 bits per heavy atom. The molecule has 1 fully saturated rings. The molecule has 1 aliphatic rings. The average Bonchev–Trinajstić information content (AvgIpc) is 3.22. The molecule has 3 rings (SSSR count). The lowest BCUT2D eigenvalue weighted by Gasteiger charge is -2.20. The van der Waals surface area contributed by atoms with Gasteiger partial charge in [-0.3, -0.25) is 9.59 Å². The molecular formula is C19H24N4O2. The zero-order valence-electron chi connectivity index (χ0n) is 14.7. The van der Waals surface area contributed by atoms with E-state index in [0.717, 1.165) is 17.7 Å². The van der Waals surface area contributed by atoms with E-state index in [1.807, 2.05) is 36.7 Å². The highest BCUT2D eigenvalue weighted by Gasteiger charge is 2.35. The molecule has 0 bridgehead atoms. The zero-order valence-corrected chi connectivity index (χ0v) is 14.7. The largest absolute Gasteiger partial charge is 0.352 e. The van der Waals surface area contributed by atoms with Gasteiger partial charge in [-0.2, -0.15) is 0 Å². The SMILES string of the molecule is CC(C)N1C[C@H](C(=O)NCc2cccc(Cn3ccnc3)c2)CC1=O. The van der Waals surface area contributed by atoms with Crippen molar-refractivity contribution in [2.75, 3.05) is 6.54 Å². The number of hydrogen-bond donors (Lipinski definition) is 1. The fraction of sp³-hybridized carbons (Fsp3) is 0.421. The van der Waals surface area contributed by atoms with Crippen molar-refractivity contribution in [2.24, 2.45) is 5.92 Å². The Kier molecular flexibility index (Phi) is 5.16. The normalized spacial score (nSPS) is 17.3. The second-order valence-corrected chi connectivity index (χ2v) is 6.81. The monoisotopic (exact) mass is 340 g/mol. The Labute approximate surface area is 147 Å². The third-order valence-electron chi connectivity index (χ3n) is 4.54. The van der Waals surface area contributed by atoms with E-state index >= 15 is 0 Å². The van der Waals surface area contributed by atoms with Crippen molar-refractivity contribution in [1.29, 1.82) is 0 Å². The maximum atomic E-state index is 12.4. The van der Waals surface area contributed by atoms with Crippen LogP contribution < -0.4 is 5.32 Å². The van der Waals surface area contributed by atoms with Gasteiger partial charge in [0.15, 0.2) is 0 Å². The highest BCUT2D eigenvalue weighted by atomic mass is 16.2. The number of carbonyl (C=O) groups excluding carboxylic acids is 2. The third kappa shape index (κ3) is 4.26. The van der Waals surface area contributed by atoms with E-state index in [0.29, 0.717) is 19.5 Å². The highest BCUT2D eigenvalue weighted by molar-refractivity contribution is 5.89. The van der Waals surface area contributed by atoms with Crippen LogP contribution in [-0.2, 0) is 22.7 Å². The number of benzene rings is 1. The van der Waals surface area contributed by atoms with Gasteiger partial charge in [0, 0.05) is 44.5 Å². The lowest BCUT2D eigenvalue weighted by Crippen LogP contribution is -2.35. The van der Waals surface area contributed by atoms with Crippen LogP contribution in [0.15, 0.2) is 43.0 Å². The Morgan fingerprint density at radius 2 is 2.16 bits per heavy atom. The summed E-state index contributed by atoms with van der Waals surface area (Å²) in [6.07, 6.45) is 5.77. The van der Waals surface area contributed by atoms with Crippen molar-refractivity contribution in [3.05, 3.63) is 54.1 Å². The molecular weight excluding hydrogens is 316 g/mol. The lowest BCUT2D eigenvalue weighted by molar-refractivity contribution is -0.129. The van der Waals surface area contributed by atoms with Crippen LogP contribution in [0.4, 0.5) is 0 Å². The second kappa shape index (κ2) is 7.51. The van der Waals surface area contributed by atoms with E-state index in [1.54, 1.807) is 17.4 Å². The Morgan fingerprint density at radius 1 is 1.36 bits per heavy atom. The number of aromatic nitrogens is 2. The van der Waals surface area contributed by atoms with Gasteiger partial charge in [-0.05, 0) is 25.0 Å². The first-order chi connectivity index (χ1) is 12.0. The number of hydrogen-bond acceptors (Lipinski definition) is 3. The van der Waals surface area contributed by atoms with Gasteiger partial charge in [0.2, 0.25) is 11.8 Å². The number of imidazole rings is 1. The number of rotatable bonds is 6. The maximum absolute atomic E-state index is 12.4. The fourth-order valence-corrected chi connectivity index (χ4v) is 3.17. The van der Waals surface area contributed by atoms with Gasteiger partial charge in [-0.25, -0.2) is 4.98 Å². The van der Waals surface area contributed by atoms with Gasteiger partial charge in [-0.15, -0.1) is 0 Å².